The summed E-state index contributed by atoms with van der Waals surface area (Å²) >= 11 is 1.42. The number of hydrogen-bond acceptors (Lipinski definition) is 6. The van der Waals surface area contributed by atoms with E-state index >= 15 is 0 Å². The molecule has 3 amide bonds. The van der Waals surface area contributed by atoms with Crippen LogP contribution in [-0.4, -0.2) is 42.2 Å². The molecule has 7 nitrogen and oxygen atoms in total. The van der Waals surface area contributed by atoms with Crippen LogP contribution in [0.5, 0.6) is 0 Å². The van der Waals surface area contributed by atoms with E-state index in [0.717, 1.165) is 36.1 Å². The number of anilines is 1. The van der Waals surface area contributed by atoms with Gasteiger partial charge < -0.3 is 10.1 Å². The van der Waals surface area contributed by atoms with Gasteiger partial charge in [0.05, 0.1) is 24.5 Å². The molecule has 1 aromatic rings. The van der Waals surface area contributed by atoms with E-state index in [-0.39, 0.29) is 42.5 Å². The number of likely N-dealkylation sites (tertiary alicyclic amines) is 1. The lowest BCUT2D eigenvalue weighted by atomic mass is 9.85. The summed E-state index contributed by atoms with van der Waals surface area (Å²) in [5, 5.41) is 3.32. The van der Waals surface area contributed by atoms with Crippen LogP contribution in [0.15, 0.2) is 12.2 Å². The van der Waals surface area contributed by atoms with E-state index in [4.69, 9.17) is 4.74 Å². The van der Waals surface area contributed by atoms with Gasteiger partial charge in [-0.15, -0.1) is 11.3 Å². The Bertz CT molecular complexity index is 877. The molecule has 0 bridgehead atoms. The van der Waals surface area contributed by atoms with Gasteiger partial charge in [0, 0.05) is 17.8 Å². The number of carbonyl (C=O) groups excluding carboxylic acids is 4. The number of nitrogens with zero attached hydrogens (tertiary/aromatic N) is 1. The maximum atomic E-state index is 12.6. The van der Waals surface area contributed by atoms with Crippen molar-refractivity contribution >= 4 is 40.0 Å². The third kappa shape index (κ3) is 3.61. The van der Waals surface area contributed by atoms with E-state index in [1.54, 1.807) is 0 Å². The second-order valence-electron chi connectivity index (χ2n) is 7.69. The Balaban J connectivity index is 1.43. The van der Waals surface area contributed by atoms with Crippen LogP contribution in [0.4, 0.5) is 5.00 Å². The number of esters is 1. The van der Waals surface area contributed by atoms with Gasteiger partial charge in [0.15, 0.2) is 0 Å². The summed E-state index contributed by atoms with van der Waals surface area (Å²) in [4.78, 5) is 52.2. The maximum absolute atomic E-state index is 12.6. The Morgan fingerprint density at radius 1 is 1.14 bits per heavy atom. The van der Waals surface area contributed by atoms with E-state index in [1.807, 2.05) is 12.2 Å². The van der Waals surface area contributed by atoms with E-state index in [0.29, 0.717) is 23.4 Å². The molecule has 4 rings (SSSR count). The zero-order valence-electron chi connectivity index (χ0n) is 16.4. The molecule has 8 heteroatoms. The molecular formula is C21H24N2O5S. The molecule has 29 heavy (non-hydrogen) atoms. The highest BCUT2D eigenvalue weighted by molar-refractivity contribution is 7.17. The summed E-state index contributed by atoms with van der Waals surface area (Å²) in [6.07, 6.45) is 8.84. The Kier molecular flexibility index (Phi) is 5.54. The predicted molar refractivity (Wildman–Crippen MR) is 108 cm³/mol. The van der Waals surface area contributed by atoms with Gasteiger partial charge in [0.2, 0.25) is 17.7 Å². The van der Waals surface area contributed by atoms with Crippen LogP contribution in [0.25, 0.3) is 0 Å². The van der Waals surface area contributed by atoms with Crippen LogP contribution in [-0.2, 0) is 32.0 Å². The Hall–Kier alpha value is -2.48. The van der Waals surface area contributed by atoms with Crippen LogP contribution in [0.3, 0.4) is 0 Å². The SMILES string of the molecule is COC(=O)c1c(NC(=O)CCN2C(=O)[C@H]3CC=CC[C@H]3C2=O)sc2c1CCCC2. The minimum Gasteiger partial charge on any atom is -0.465 e. The highest BCUT2D eigenvalue weighted by Gasteiger charge is 2.46. The maximum Gasteiger partial charge on any atom is 0.341 e. The number of amides is 3. The molecule has 2 aliphatic carbocycles. The fourth-order valence-electron chi connectivity index (χ4n) is 4.46. The first-order valence-corrected chi connectivity index (χ1v) is 10.9. The lowest BCUT2D eigenvalue weighted by Gasteiger charge is -2.14. The summed E-state index contributed by atoms with van der Waals surface area (Å²) in [7, 11) is 1.33. The molecule has 1 saturated heterocycles. The summed E-state index contributed by atoms with van der Waals surface area (Å²) in [5.74, 6) is -1.70. The van der Waals surface area contributed by atoms with Gasteiger partial charge in [-0.1, -0.05) is 12.2 Å². The lowest BCUT2D eigenvalue weighted by Crippen LogP contribution is -2.34. The highest BCUT2D eigenvalue weighted by atomic mass is 32.1. The van der Waals surface area contributed by atoms with Crippen LogP contribution in [0, 0.1) is 11.8 Å². The number of ether oxygens (including phenoxy) is 1. The predicted octanol–water partition coefficient (Wildman–Crippen LogP) is 2.69. The standard InChI is InChI=1S/C21H24N2O5S/c1-28-21(27)17-14-8-4-5-9-15(14)29-18(17)22-16(24)10-11-23-19(25)12-6-2-3-7-13(12)20(23)26/h2-3,12-13H,4-11H2,1H3,(H,22,24)/t12-,13+. The van der Waals surface area contributed by atoms with Crippen LogP contribution in [0.1, 0.15) is 52.9 Å². The topological polar surface area (TPSA) is 92.8 Å². The quantitative estimate of drug-likeness (QED) is 0.453. The molecule has 3 aliphatic rings. The van der Waals surface area contributed by atoms with E-state index in [2.05, 4.69) is 5.32 Å². The van der Waals surface area contributed by atoms with Crippen molar-refractivity contribution in [2.75, 3.05) is 19.0 Å². The Labute approximate surface area is 173 Å². The third-order valence-electron chi connectivity index (χ3n) is 5.98. The van der Waals surface area contributed by atoms with Crippen LogP contribution >= 0.6 is 11.3 Å². The average molecular weight is 416 g/mol. The summed E-state index contributed by atoms with van der Waals surface area (Å²) in [5.41, 5.74) is 1.43. The van der Waals surface area contributed by atoms with Gasteiger partial charge >= 0.3 is 5.97 Å². The number of carbonyl (C=O) groups is 4. The number of hydrogen-bond donors (Lipinski definition) is 1. The second-order valence-corrected chi connectivity index (χ2v) is 8.79. The summed E-state index contributed by atoms with van der Waals surface area (Å²) < 4.78 is 4.92. The van der Waals surface area contributed by atoms with Gasteiger partial charge in [-0.2, -0.15) is 0 Å². The molecule has 2 heterocycles. The Morgan fingerprint density at radius 3 is 2.45 bits per heavy atom. The molecule has 1 aliphatic heterocycles. The molecule has 1 N–H and O–H groups in total. The third-order valence-corrected chi connectivity index (χ3v) is 7.18. The number of aryl methyl sites for hydroxylation is 1. The normalized spacial score (nSPS) is 23.0. The van der Waals surface area contributed by atoms with E-state index < -0.39 is 5.97 Å². The van der Waals surface area contributed by atoms with E-state index in [9.17, 15) is 19.2 Å². The molecule has 154 valence electrons. The molecular weight excluding hydrogens is 392 g/mol. The summed E-state index contributed by atoms with van der Waals surface area (Å²) in [6, 6.07) is 0. The second kappa shape index (κ2) is 8.10. The van der Waals surface area contributed by atoms with Gasteiger partial charge in [-0.3, -0.25) is 19.3 Å². The van der Waals surface area contributed by atoms with Crippen LogP contribution in [0.2, 0.25) is 0 Å². The minimum absolute atomic E-state index is 0.00747. The molecule has 0 spiro atoms. The molecule has 1 fully saturated rings. The first kappa shape index (κ1) is 19.8. The van der Waals surface area contributed by atoms with Crippen molar-refractivity contribution in [3.63, 3.8) is 0 Å². The first-order valence-electron chi connectivity index (χ1n) is 10.0. The van der Waals surface area contributed by atoms with Crippen LogP contribution < -0.4 is 5.32 Å². The molecule has 1 aromatic heterocycles. The number of imide groups is 1. The van der Waals surface area contributed by atoms with Crippen molar-refractivity contribution in [3.8, 4) is 0 Å². The number of methoxy groups -OCH3 is 1. The smallest absolute Gasteiger partial charge is 0.341 e. The number of rotatable bonds is 5. The molecule has 2 atom stereocenters. The zero-order chi connectivity index (χ0) is 20.5. The monoisotopic (exact) mass is 416 g/mol. The first-order chi connectivity index (χ1) is 14.0. The molecule has 0 radical (unpaired) electrons. The number of nitrogens with one attached hydrogen (secondary N) is 1. The largest absolute Gasteiger partial charge is 0.465 e. The lowest BCUT2D eigenvalue weighted by molar-refractivity contribution is -0.140. The van der Waals surface area contributed by atoms with Crippen molar-refractivity contribution in [3.05, 3.63) is 28.2 Å². The Morgan fingerprint density at radius 2 is 1.79 bits per heavy atom. The number of thiophene rings is 1. The highest BCUT2D eigenvalue weighted by Crippen LogP contribution is 2.39. The minimum atomic E-state index is -0.443. The van der Waals surface area contributed by atoms with Crippen molar-refractivity contribution in [2.24, 2.45) is 11.8 Å². The molecule has 0 saturated carbocycles. The van der Waals surface area contributed by atoms with Gasteiger partial charge in [0.25, 0.3) is 0 Å². The number of fused-ring (bicyclic) bond motifs is 2. The van der Waals surface area contributed by atoms with Crippen molar-refractivity contribution < 1.29 is 23.9 Å². The average Bonchev–Trinajstić information content (AvgIpc) is 3.21. The van der Waals surface area contributed by atoms with Gasteiger partial charge in [-0.25, -0.2) is 4.79 Å². The van der Waals surface area contributed by atoms with E-state index in [1.165, 1.54) is 23.3 Å². The zero-order valence-corrected chi connectivity index (χ0v) is 17.2. The fourth-order valence-corrected chi connectivity index (χ4v) is 5.76. The van der Waals surface area contributed by atoms with Gasteiger partial charge in [0.1, 0.15) is 5.00 Å². The van der Waals surface area contributed by atoms with Gasteiger partial charge in [-0.05, 0) is 44.1 Å². The van der Waals surface area contributed by atoms with Crippen molar-refractivity contribution in [1.29, 1.82) is 0 Å². The fraction of sp³-hybridized carbons (Fsp3) is 0.524. The molecule has 0 aromatic carbocycles. The molecule has 0 unspecified atom stereocenters. The summed E-state index contributed by atoms with van der Waals surface area (Å²) in [6.45, 7) is 0.0646. The van der Waals surface area contributed by atoms with Crippen molar-refractivity contribution in [2.45, 2.75) is 44.9 Å². The van der Waals surface area contributed by atoms with Crippen molar-refractivity contribution in [1.82, 2.24) is 4.90 Å². The number of allylic oxidation sites excluding steroid dienone is 2.